The lowest BCUT2D eigenvalue weighted by Crippen LogP contribution is -2.39. The summed E-state index contributed by atoms with van der Waals surface area (Å²) in [6, 6.07) is 0. The Balaban J connectivity index is 1.69. The Morgan fingerprint density at radius 1 is 1.33 bits per heavy atom. The number of hydrogen-bond donors (Lipinski definition) is 1. The third-order valence-corrected chi connectivity index (χ3v) is 4.00. The van der Waals surface area contributed by atoms with Crippen LogP contribution in [0.25, 0.3) is 0 Å². The second-order valence-corrected chi connectivity index (χ2v) is 5.45. The molecule has 3 rings (SSSR count). The van der Waals surface area contributed by atoms with Gasteiger partial charge >= 0.3 is 0 Å². The van der Waals surface area contributed by atoms with Crippen LogP contribution in [0.3, 0.4) is 0 Å². The first-order chi connectivity index (χ1) is 10.3. The molecule has 1 aromatic heterocycles. The Hall–Kier alpha value is -1.02. The lowest BCUT2D eigenvalue weighted by Gasteiger charge is -2.33. The van der Waals surface area contributed by atoms with Crippen molar-refractivity contribution in [2.24, 2.45) is 0 Å². The Morgan fingerprint density at radius 2 is 2.19 bits per heavy atom. The van der Waals surface area contributed by atoms with E-state index in [1.54, 1.807) is 0 Å². The molecule has 2 fully saturated rings. The van der Waals surface area contributed by atoms with Crippen LogP contribution >= 0.6 is 0 Å². The SMILES string of the molecule is CCOC1(c2noc(CC3CNCCO3)n2)CCOCC1. The zero-order valence-corrected chi connectivity index (χ0v) is 12.5. The summed E-state index contributed by atoms with van der Waals surface area (Å²) in [5.74, 6) is 1.26. The first kappa shape index (κ1) is 14.9. The van der Waals surface area contributed by atoms with E-state index in [4.69, 9.17) is 18.7 Å². The van der Waals surface area contributed by atoms with Gasteiger partial charge in [-0.3, -0.25) is 0 Å². The molecule has 1 N–H and O–H groups in total. The summed E-state index contributed by atoms with van der Waals surface area (Å²) in [5.41, 5.74) is -0.458. The summed E-state index contributed by atoms with van der Waals surface area (Å²) >= 11 is 0. The lowest BCUT2D eigenvalue weighted by molar-refractivity contribution is -0.118. The van der Waals surface area contributed by atoms with Crippen LogP contribution in [-0.4, -0.2) is 55.8 Å². The predicted molar refractivity (Wildman–Crippen MR) is 74.0 cm³/mol. The van der Waals surface area contributed by atoms with Gasteiger partial charge in [0.2, 0.25) is 11.7 Å². The van der Waals surface area contributed by atoms with Crippen molar-refractivity contribution in [3.63, 3.8) is 0 Å². The first-order valence-corrected chi connectivity index (χ1v) is 7.69. The molecule has 0 saturated carbocycles. The second-order valence-electron chi connectivity index (χ2n) is 5.45. The van der Waals surface area contributed by atoms with Gasteiger partial charge in [0.25, 0.3) is 0 Å². The fraction of sp³-hybridized carbons (Fsp3) is 0.857. The molecule has 1 unspecified atom stereocenters. The van der Waals surface area contributed by atoms with Crippen LogP contribution < -0.4 is 5.32 Å². The molecule has 0 aliphatic carbocycles. The van der Waals surface area contributed by atoms with Gasteiger partial charge in [0, 0.05) is 45.8 Å². The van der Waals surface area contributed by atoms with Gasteiger partial charge in [-0.25, -0.2) is 0 Å². The Labute approximate surface area is 124 Å². The topological polar surface area (TPSA) is 78.6 Å². The van der Waals surface area contributed by atoms with Crippen LogP contribution in [0.15, 0.2) is 4.52 Å². The lowest BCUT2D eigenvalue weighted by atomic mass is 9.93. The quantitative estimate of drug-likeness (QED) is 0.854. The van der Waals surface area contributed by atoms with Crippen LogP contribution in [0.4, 0.5) is 0 Å². The normalized spacial score (nSPS) is 25.9. The minimum Gasteiger partial charge on any atom is -0.381 e. The van der Waals surface area contributed by atoms with E-state index >= 15 is 0 Å². The molecular formula is C14H23N3O4. The highest BCUT2D eigenvalue weighted by molar-refractivity contribution is 5.04. The van der Waals surface area contributed by atoms with Gasteiger partial charge in [-0.15, -0.1) is 0 Å². The molecule has 0 spiro atoms. The van der Waals surface area contributed by atoms with E-state index in [0.29, 0.717) is 38.0 Å². The molecule has 1 atom stereocenters. The minimum absolute atomic E-state index is 0.102. The summed E-state index contributed by atoms with van der Waals surface area (Å²) in [6.45, 7) is 6.39. The summed E-state index contributed by atoms with van der Waals surface area (Å²) in [6.07, 6.45) is 2.27. The average molecular weight is 297 g/mol. The molecule has 0 bridgehead atoms. The number of hydrogen-bond acceptors (Lipinski definition) is 7. The highest BCUT2D eigenvalue weighted by atomic mass is 16.5. The van der Waals surface area contributed by atoms with Gasteiger partial charge in [-0.2, -0.15) is 4.98 Å². The number of ether oxygens (including phenoxy) is 3. The smallest absolute Gasteiger partial charge is 0.229 e. The van der Waals surface area contributed by atoms with Gasteiger partial charge in [0.15, 0.2) is 0 Å². The number of nitrogens with one attached hydrogen (secondary N) is 1. The zero-order chi connectivity index (χ0) is 14.5. The first-order valence-electron chi connectivity index (χ1n) is 7.69. The molecule has 0 radical (unpaired) electrons. The fourth-order valence-corrected chi connectivity index (χ4v) is 2.88. The maximum absolute atomic E-state index is 5.95. The molecule has 21 heavy (non-hydrogen) atoms. The van der Waals surface area contributed by atoms with Crippen LogP contribution in [0.1, 0.15) is 31.5 Å². The Bertz CT molecular complexity index is 434. The van der Waals surface area contributed by atoms with Gasteiger partial charge in [0.1, 0.15) is 5.60 Å². The molecule has 2 saturated heterocycles. The summed E-state index contributed by atoms with van der Waals surface area (Å²) in [5, 5.41) is 7.45. The monoisotopic (exact) mass is 297 g/mol. The third-order valence-electron chi connectivity index (χ3n) is 4.00. The van der Waals surface area contributed by atoms with Crippen molar-refractivity contribution >= 4 is 0 Å². The van der Waals surface area contributed by atoms with Crippen LogP contribution in [0.2, 0.25) is 0 Å². The summed E-state index contributed by atoms with van der Waals surface area (Å²) in [7, 11) is 0. The predicted octanol–water partition coefficient (Wildman–Crippen LogP) is 0.643. The summed E-state index contributed by atoms with van der Waals surface area (Å²) < 4.78 is 22.4. The maximum atomic E-state index is 5.95. The summed E-state index contributed by atoms with van der Waals surface area (Å²) in [4.78, 5) is 4.55. The van der Waals surface area contributed by atoms with Gasteiger partial charge in [0.05, 0.1) is 19.1 Å². The van der Waals surface area contributed by atoms with Gasteiger partial charge < -0.3 is 24.1 Å². The van der Waals surface area contributed by atoms with Crippen molar-refractivity contribution in [3.8, 4) is 0 Å². The molecule has 0 amide bonds. The fourth-order valence-electron chi connectivity index (χ4n) is 2.88. The molecule has 7 heteroatoms. The van der Waals surface area contributed by atoms with Crippen molar-refractivity contribution in [2.45, 2.75) is 37.9 Å². The molecule has 7 nitrogen and oxygen atoms in total. The van der Waals surface area contributed by atoms with E-state index in [9.17, 15) is 0 Å². The van der Waals surface area contributed by atoms with Crippen molar-refractivity contribution < 1.29 is 18.7 Å². The Morgan fingerprint density at radius 3 is 2.90 bits per heavy atom. The van der Waals surface area contributed by atoms with E-state index in [0.717, 1.165) is 32.5 Å². The molecular weight excluding hydrogens is 274 g/mol. The van der Waals surface area contributed by atoms with Crippen molar-refractivity contribution in [1.29, 1.82) is 0 Å². The van der Waals surface area contributed by atoms with E-state index < -0.39 is 5.60 Å². The minimum atomic E-state index is -0.458. The van der Waals surface area contributed by atoms with Crippen molar-refractivity contribution in [3.05, 3.63) is 11.7 Å². The highest BCUT2D eigenvalue weighted by Gasteiger charge is 2.40. The molecule has 2 aliphatic heterocycles. The van der Waals surface area contributed by atoms with E-state index in [-0.39, 0.29) is 6.10 Å². The molecule has 118 valence electrons. The molecule has 3 heterocycles. The zero-order valence-electron chi connectivity index (χ0n) is 12.5. The largest absolute Gasteiger partial charge is 0.381 e. The van der Waals surface area contributed by atoms with Gasteiger partial charge in [-0.05, 0) is 6.92 Å². The Kier molecular flexibility index (Phi) is 4.84. The van der Waals surface area contributed by atoms with E-state index in [2.05, 4.69) is 15.5 Å². The molecule has 1 aromatic rings. The van der Waals surface area contributed by atoms with Gasteiger partial charge in [-0.1, -0.05) is 5.16 Å². The average Bonchev–Trinajstić information content (AvgIpc) is 2.99. The van der Waals surface area contributed by atoms with Crippen LogP contribution in [0, 0.1) is 0 Å². The van der Waals surface area contributed by atoms with E-state index in [1.807, 2.05) is 6.92 Å². The number of morpholine rings is 1. The molecule has 2 aliphatic rings. The van der Waals surface area contributed by atoms with Crippen molar-refractivity contribution in [2.75, 3.05) is 39.5 Å². The molecule has 0 aromatic carbocycles. The number of aromatic nitrogens is 2. The number of nitrogens with zero attached hydrogens (tertiary/aromatic N) is 2. The standard InChI is InChI=1S/C14H23N3O4/c1-2-20-14(3-6-18-7-4-14)13-16-12(21-17-13)9-11-10-15-5-8-19-11/h11,15H,2-10H2,1H3. The maximum Gasteiger partial charge on any atom is 0.229 e. The third kappa shape index (κ3) is 3.42. The second kappa shape index (κ2) is 6.83. The van der Waals surface area contributed by atoms with E-state index in [1.165, 1.54) is 0 Å². The highest BCUT2D eigenvalue weighted by Crippen LogP contribution is 2.34. The van der Waals surface area contributed by atoms with Crippen LogP contribution in [-0.2, 0) is 26.2 Å². The number of rotatable bonds is 5. The van der Waals surface area contributed by atoms with Crippen molar-refractivity contribution in [1.82, 2.24) is 15.5 Å². The van der Waals surface area contributed by atoms with Crippen LogP contribution in [0.5, 0.6) is 0 Å².